The molecule has 5 nitrogen and oxygen atoms in total. The first-order valence-electron chi connectivity index (χ1n) is 5.24. The van der Waals surface area contributed by atoms with E-state index in [1.165, 1.54) is 10.9 Å². The van der Waals surface area contributed by atoms with Gasteiger partial charge in [0.15, 0.2) is 0 Å². The van der Waals surface area contributed by atoms with Crippen LogP contribution >= 0.6 is 11.3 Å². The zero-order chi connectivity index (χ0) is 12.4. The Bertz CT molecular complexity index is 531. The van der Waals surface area contributed by atoms with Crippen molar-refractivity contribution in [1.29, 1.82) is 0 Å². The van der Waals surface area contributed by atoms with Gasteiger partial charge in [-0.2, -0.15) is 5.10 Å². The molecule has 17 heavy (non-hydrogen) atoms. The van der Waals surface area contributed by atoms with Crippen molar-refractivity contribution in [3.8, 4) is 0 Å². The molecule has 1 atom stereocenters. The Labute approximate surface area is 103 Å². The van der Waals surface area contributed by atoms with Crippen molar-refractivity contribution in [1.82, 2.24) is 15.5 Å². The molecule has 4 N–H and O–H groups in total. The SMILES string of the molecule is Cc1ccc(C(C)NC(=O)c2cc(N)n[nH]2)s1. The molecule has 0 aromatic carbocycles. The van der Waals surface area contributed by atoms with E-state index in [1.54, 1.807) is 11.3 Å². The predicted octanol–water partition coefficient (Wildman–Crippen LogP) is 1.85. The zero-order valence-corrected chi connectivity index (χ0v) is 10.5. The Hall–Kier alpha value is -1.82. The quantitative estimate of drug-likeness (QED) is 0.777. The van der Waals surface area contributed by atoms with Crippen LogP contribution in [-0.4, -0.2) is 16.1 Å². The average molecular weight is 250 g/mol. The van der Waals surface area contributed by atoms with Crippen molar-refractivity contribution in [2.75, 3.05) is 5.73 Å². The monoisotopic (exact) mass is 250 g/mol. The van der Waals surface area contributed by atoms with Gasteiger partial charge in [0.1, 0.15) is 11.5 Å². The van der Waals surface area contributed by atoms with Gasteiger partial charge >= 0.3 is 0 Å². The summed E-state index contributed by atoms with van der Waals surface area (Å²) in [5, 5.41) is 9.18. The van der Waals surface area contributed by atoms with Crippen molar-refractivity contribution in [2.24, 2.45) is 0 Å². The van der Waals surface area contributed by atoms with Crippen LogP contribution in [0.4, 0.5) is 5.82 Å². The lowest BCUT2D eigenvalue weighted by Gasteiger charge is -2.10. The van der Waals surface area contributed by atoms with Crippen molar-refractivity contribution >= 4 is 23.1 Å². The first-order chi connectivity index (χ1) is 8.06. The molecule has 2 aromatic heterocycles. The van der Waals surface area contributed by atoms with Crippen LogP contribution in [0.1, 0.15) is 33.2 Å². The number of aromatic amines is 1. The molecule has 1 unspecified atom stereocenters. The first kappa shape index (κ1) is 11.7. The van der Waals surface area contributed by atoms with Gasteiger partial charge in [0.2, 0.25) is 0 Å². The maximum absolute atomic E-state index is 11.8. The summed E-state index contributed by atoms with van der Waals surface area (Å²) in [5.41, 5.74) is 5.82. The largest absolute Gasteiger partial charge is 0.382 e. The lowest BCUT2D eigenvalue weighted by atomic mass is 10.2. The molecule has 0 aliphatic heterocycles. The van der Waals surface area contributed by atoms with E-state index >= 15 is 0 Å². The van der Waals surface area contributed by atoms with Crippen LogP contribution < -0.4 is 11.1 Å². The van der Waals surface area contributed by atoms with Gasteiger partial charge in [0.05, 0.1) is 6.04 Å². The molecule has 0 bridgehead atoms. The third-order valence-corrected chi connectivity index (χ3v) is 3.56. The maximum Gasteiger partial charge on any atom is 0.269 e. The summed E-state index contributed by atoms with van der Waals surface area (Å²) in [5.74, 6) is 0.113. The molecular weight excluding hydrogens is 236 g/mol. The Morgan fingerprint density at radius 2 is 2.35 bits per heavy atom. The topological polar surface area (TPSA) is 83.8 Å². The Balaban J connectivity index is 2.04. The number of nitrogens with zero attached hydrogens (tertiary/aromatic N) is 1. The van der Waals surface area contributed by atoms with E-state index in [2.05, 4.69) is 15.5 Å². The second-order valence-corrected chi connectivity index (χ2v) is 5.17. The summed E-state index contributed by atoms with van der Waals surface area (Å²) in [6.45, 7) is 3.99. The Kier molecular flexibility index (Phi) is 3.14. The summed E-state index contributed by atoms with van der Waals surface area (Å²) in [6, 6.07) is 5.55. The number of aromatic nitrogens is 2. The number of rotatable bonds is 3. The number of amides is 1. The second kappa shape index (κ2) is 4.58. The maximum atomic E-state index is 11.8. The van der Waals surface area contributed by atoms with Crippen molar-refractivity contribution in [3.63, 3.8) is 0 Å². The Morgan fingerprint density at radius 3 is 2.88 bits per heavy atom. The minimum absolute atomic E-state index is 0.0225. The van der Waals surface area contributed by atoms with Crippen molar-refractivity contribution in [2.45, 2.75) is 19.9 Å². The minimum atomic E-state index is -0.201. The van der Waals surface area contributed by atoms with Crippen molar-refractivity contribution in [3.05, 3.63) is 33.6 Å². The van der Waals surface area contributed by atoms with Crippen LogP contribution in [0, 0.1) is 6.92 Å². The highest BCUT2D eigenvalue weighted by atomic mass is 32.1. The molecule has 0 spiro atoms. The molecule has 90 valence electrons. The number of nitrogen functional groups attached to an aromatic ring is 1. The number of thiophene rings is 1. The fourth-order valence-electron chi connectivity index (χ4n) is 1.49. The highest BCUT2D eigenvalue weighted by Crippen LogP contribution is 2.22. The molecule has 0 aliphatic rings. The number of hydrogen-bond donors (Lipinski definition) is 3. The third kappa shape index (κ3) is 2.65. The fraction of sp³-hybridized carbons (Fsp3) is 0.273. The Morgan fingerprint density at radius 1 is 1.59 bits per heavy atom. The molecule has 2 heterocycles. The highest BCUT2D eigenvalue weighted by Gasteiger charge is 2.14. The summed E-state index contributed by atoms with van der Waals surface area (Å²) in [6.07, 6.45) is 0. The number of aryl methyl sites for hydroxylation is 1. The van der Waals surface area contributed by atoms with E-state index in [9.17, 15) is 4.79 Å². The number of hydrogen-bond acceptors (Lipinski definition) is 4. The van der Waals surface area contributed by atoms with Crippen molar-refractivity contribution < 1.29 is 4.79 Å². The van der Waals surface area contributed by atoms with Gasteiger partial charge in [0, 0.05) is 15.8 Å². The second-order valence-electron chi connectivity index (χ2n) is 3.85. The van der Waals surface area contributed by atoms with Gasteiger partial charge in [-0.15, -0.1) is 11.3 Å². The molecule has 0 fully saturated rings. The smallest absolute Gasteiger partial charge is 0.269 e. The van der Waals surface area contributed by atoms with E-state index in [-0.39, 0.29) is 11.9 Å². The van der Waals surface area contributed by atoms with Gasteiger partial charge in [-0.05, 0) is 26.0 Å². The summed E-state index contributed by atoms with van der Waals surface area (Å²) in [7, 11) is 0. The van der Waals surface area contributed by atoms with Gasteiger partial charge in [-0.25, -0.2) is 0 Å². The van der Waals surface area contributed by atoms with E-state index in [1.807, 2.05) is 26.0 Å². The molecule has 6 heteroatoms. The third-order valence-electron chi connectivity index (χ3n) is 2.38. The number of carbonyl (C=O) groups excluding carboxylic acids is 1. The number of anilines is 1. The molecule has 0 saturated heterocycles. The minimum Gasteiger partial charge on any atom is -0.382 e. The summed E-state index contributed by atoms with van der Waals surface area (Å²) in [4.78, 5) is 14.2. The zero-order valence-electron chi connectivity index (χ0n) is 9.65. The fourth-order valence-corrected chi connectivity index (χ4v) is 2.36. The van der Waals surface area contributed by atoms with Crippen LogP contribution in [0.5, 0.6) is 0 Å². The number of H-pyrrole nitrogens is 1. The summed E-state index contributed by atoms with van der Waals surface area (Å²) >= 11 is 1.67. The predicted molar refractivity (Wildman–Crippen MR) is 67.9 cm³/mol. The standard InChI is InChI=1S/C11H14N4OS/c1-6-3-4-9(17-6)7(2)13-11(16)8-5-10(12)15-14-8/h3-5,7H,1-2H3,(H,13,16)(H3,12,14,15). The number of carbonyl (C=O) groups is 1. The molecule has 0 saturated carbocycles. The van der Waals surface area contributed by atoms with Gasteiger partial charge in [-0.1, -0.05) is 0 Å². The van der Waals surface area contributed by atoms with Gasteiger partial charge in [-0.3, -0.25) is 9.89 Å². The van der Waals surface area contributed by atoms with Gasteiger partial charge < -0.3 is 11.1 Å². The van der Waals surface area contributed by atoms with Crippen LogP contribution in [0.25, 0.3) is 0 Å². The molecular formula is C11H14N4OS. The molecule has 2 aromatic rings. The molecule has 1 amide bonds. The van der Waals surface area contributed by atoms with Crippen LogP contribution in [0.15, 0.2) is 18.2 Å². The normalized spacial score (nSPS) is 12.4. The number of nitrogens with one attached hydrogen (secondary N) is 2. The van der Waals surface area contributed by atoms with E-state index in [0.717, 1.165) is 4.88 Å². The van der Waals surface area contributed by atoms with Crippen LogP contribution in [0.3, 0.4) is 0 Å². The first-order valence-corrected chi connectivity index (χ1v) is 6.06. The van der Waals surface area contributed by atoms with Gasteiger partial charge in [0.25, 0.3) is 5.91 Å². The average Bonchev–Trinajstić information content (AvgIpc) is 2.87. The lowest BCUT2D eigenvalue weighted by Crippen LogP contribution is -2.26. The van der Waals surface area contributed by atoms with Crippen LogP contribution in [0.2, 0.25) is 0 Å². The summed E-state index contributed by atoms with van der Waals surface area (Å²) < 4.78 is 0. The van der Waals surface area contributed by atoms with E-state index in [4.69, 9.17) is 5.73 Å². The van der Waals surface area contributed by atoms with E-state index in [0.29, 0.717) is 11.5 Å². The molecule has 0 aliphatic carbocycles. The van der Waals surface area contributed by atoms with E-state index < -0.39 is 0 Å². The van der Waals surface area contributed by atoms with Crippen LogP contribution in [-0.2, 0) is 0 Å². The lowest BCUT2D eigenvalue weighted by molar-refractivity contribution is 0.0935. The molecule has 0 radical (unpaired) electrons. The molecule has 2 rings (SSSR count). The number of nitrogens with two attached hydrogens (primary N) is 1. The highest BCUT2D eigenvalue weighted by molar-refractivity contribution is 7.12.